The van der Waals surface area contributed by atoms with Crippen LogP contribution < -0.4 is 4.90 Å². The zero-order valence-corrected chi connectivity index (χ0v) is 10.9. The molecule has 1 amide bonds. The summed E-state index contributed by atoms with van der Waals surface area (Å²) in [6.45, 7) is 2.19. The molecule has 1 N–H and O–H groups in total. The first-order chi connectivity index (χ1) is 7.99. The number of hydrogen-bond donors (Lipinski definition) is 1. The lowest BCUT2D eigenvalue weighted by Crippen LogP contribution is -2.25. The molecule has 4 nitrogen and oxygen atoms in total. The monoisotopic (exact) mass is 297 g/mol. The van der Waals surface area contributed by atoms with Gasteiger partial charge in [-0.15, -0.1) is 0 Å². The quantitative estimate of drug-likeness (QED) is 0.910. The van der Waals surface area contributed by atoms with Crippen LogP contribution in [0.25, 0.3) is 0 Å². The summed E-state index contributed by atoms with van der Waals surface area (Å²) in [7, 11) is 0. The van der Waals surface area contributed by atoms with Gasteiger partial charge < -0.3 is 10.0 Å². The first-order valence-electron chi connectivity index (χ1n) is 5.28. The number of benzene rings is 1. The highest BCUT2D eigenvalue weighted by Gasteiger charge is 2.35. The van der Waals surface area contributed by atoms with Gasteiger partial charge in [0.05, 0.1) is 5.92 Å². The number of carboxylic acid groups (broad SMARTS) is 1. The van der Waals surface area contributed by atoms with Gasteiger partial charge in [-0.05, 0) is 30.7 Å². The van der Waals surface area contributed by atoms with Crippen molar-refractivity contribution in [1.29, 1.82) is 0 Å². The molecular formula is C12H12BrNO3. The highest BCUT2D eigenvalue weighted by molar-refractivity contribution is 9.10. The number of aryl methyl sites for hydroxylation is 1. The molecule has 0 radical (unpaired) electrons. The third-order valence-electron chi connectivity index (χ3n) is 2.93. The van der Waals surface area contributed by atoms with E-state index in [1.165, 1.54) is 4.90 Å². The summed E-state index contributed by atoms with van der Waals surface area (Å²) in [5.41, 5.74) is 1.79. The van der Waals surface area contributed by atoms with Gasteiger partial charge in [0.2, 0.25) is 5.91 Å². The van der Waals surface area contributed by atoms with Gasteiger partial charge in [0, 0.05) is 23.1 Å². The Kier molecular flexibility index (Phi) is 3.19. The van der Waals surface area contributed by atoms with Crippen molar-refractivity contribution in [3.05, 3.63) is 28.2 Å². The summed E-state index contributed by atoms with van der Waals surface area (Å²) in [6.07, 6.45) is 0.0877. The summed E-state index contributed by atoms with van der Waals surface area (Å²) in [4.78, 5) is 24.1. The minimum atomic E-state index is -0.908. The molecule has 0 aliphatic carbocycles. The number of carbonyl (C=O) groups excluding carboxylic acids is 1. The molecule has 1 saturated heterocycles. The number of rotatable bonds is 2. The Bertz CT molecular complexity index is 487. The molecule has 1 unspecified atom stereocenters. The molecule has 5 heteroatoms. The van der Waals surface area contributed by atoms with E-state index in [0.29, 0.717) is 0 Å². The Hall–Kier alpha value is -1.36. The number of halogens is 1. The van der Waals surface area contributed by atoms with Crippen molar-refractivity contribution in [3.8, 4) is 0 Å². The van der Waals surface area contributed by atoms with Crippen molar-refractivity contribution in [3.63, 3.8) is 0 Å². The molecule has 1 heterocycles. The lowest BCUT2D eigenvalue weighted by molar-refractivity contribution is -0.141. The lowest BCUT2D eigenvalue weighted by Gasteiger charge is -2.17. The molecule has 1 fully saturated rings. The van der Waals surface area contributed by atoms with Gasteiger partial charge in [-0.2, -0.15) is 0 Å². The Morgan fingerprint density at radius 3 is 2.76 bits per heavy atom. The summed E-state index contributed by atoms with van der Waals surface area (Å²) >= 11 is 3.39. The zero-order valence-electron chi connectivity index (χ0n) is 9.31. The fraction of sp³-hybridized carbons (Fsp3) is 0.333. The minimum absolute atomic E-state index is 0.0877. The molecule has 90 valence electrons. The van der Waals surface area contributed by atoms with Crippen LogP contribution >= 0.6 is 15.9 Å². The third-order valence-corrected chi connectivity index (χ3v) is 3.82. The van der Waals surface area contributed by atoms with Crippen LogP contribution in [0.4, 0.5) is 5.69 Å². The number of carboxylic acids is 1. The van der Waals surface area contributed by atoms with Crippen LogP contribution in [-0.2, 0) is 9.59 Å². The fourth-order valence-electron chi connectivity index (χ4n) is 1.92. The van der Waals surface area contributed by atoms with Crippen LogP contribution in [0.2, 0.25) is 0 Å². The molecule has 1 aliphatic rings. The maximum atomic E-state index is 11.7. The largest absolute Gasteiger partial charge is 0.481 e. The van der Waals surface area contributed by atoms with Gasteiger partial charge in [0.15, 0.2) is 0 Å². The van der Waals surface area contributed by atoms with E-state index in [9.17, 15) is 9.59 Å². The zero-order chi connectivity index (χ0) is 12.6. The van der Waals surface area contributed by atoms with Crippen LogP contribution in [0.1, 0.15) is 12.0 Å². The standard InChI is InChI=1S/C12H12BrNO3/c1-7-4-9(2-3-10(7)13)14-6-8(12(16)17)5-11(14)15/h2-4,8H,5-6H2,1H3,(H,16,17). The van der Waals surface area contributed by atoms with E-state index in [-0.39, 0.29) is 18.9 Å². The number of hydrogen-bond acceptors (Lipinski definition) is 2. The normalized spacial score (nSPS) is 19.8. The summed E-state index contributed by atoms with van der Waals surface area (Å²) in [5, 5.41) is 8.91. The van der Waals surface area contributed by atoms with E-state index >= 15 is 0 Å². The van der Waals surface area contributed by atoms with Crippen molar-refractivity contribution in [2.24, 2.45) is 5.92 Å². The number of carbonyl (C=O) groups is 2. The molecule has 1 aromatic rings. The van der Waals surface area contributed by atoms with E-state index in [1.54, 1.807) is 0 Å². The summed E-state index contributed by atoms with van der Waals surface area (Å²) < 4.78 is 0.975. The first-order valence-corrected chi connectivity index (χ1v) is 6.07. The molecule has 0 bridgehead atoms. The average molecular weight is 298 g/mol. The molecule has 1 atom stereocenters. The molecular weight excluding hydrogens is 286 g/mol. The smallest absolute Gasteiger partial charge is 0.308 e. The van der Waals surface area contributed by atoms with Crippen LogP contribution in [-0.4, -0.2) is 23.5 Å². The van der Waals surface area contributed by atoms with E-state index in [0.717, 1.165) is 15.7 Å². The molecule has 17 heavy (non-hydrogen) atoms. The van der Waals surface area contributed by atoms with Crippen LogP contribution in [0.5, 0.6) is 0 Å². The van der Waals surface area contributed by atoms with Gasteiger partial charge in [-0.3, -0.25) is 9.59 Å². The Labute approximate surface area is 107 Å². The number of nitrogens with zero attached hydrogens (tertiary/aromatic N) is 1. The third kappa shape index (κ3) is 2.34. The maximum absolute atomic E-state index is 11.7. The van der Waals surface area contributed by atoms with Crippen molar-refractivity contribution < 1.29 is 14.7 Å². The van der Waals surface area contributed by atoms with E-state index in [1.807, 2.05) is 25.1 Å². The Morgan fingerprint density at radius 2 is 2.24 bits per heavy atom. The Morgan fingerprint density at radius 1 is 1.53 bits per heavy atom. The average Bonchev–Trinajstić information content (AvgIpc) is 2.65. The number of amides is 1. The molecule has 0 spiro atoms. The van der Waals surface area contributed by atoms with Crippen LogP contribution in [0.3, 0.4) is 0 Å². The van der Waals surface area contributed by atoms with E-state index < -0.39 is 11.9 Å². The molecule has 0 aromatic heterocycles. The molecule has 2 rings (SSSR count). The van der Waals surface area contributed by atoms with Crippen molar-refractivity contribution in [1.82, 2.24) is 0 Å². The summed E-state index contributed by atoms with van der Waals surface area (Å²) in [5.74, 6) is -1.62. The second kappa shape index (κ2) is 4.49. The van der Waals surface area contributed by atoms with Crippen molar-refractivity contribution in [2.45, 2.75) is 13.3 Å². The van der Waals surface area contributed by atoms with Crippen LogP contribution in [0, 0.1) is 12.8 Å². The lowest BCUT2D eigenvalue weighted by atomic mass is 10.1. The van der Waals surface area contributed by atoms with Gasteiger partial charge >= 0.3 is 5.97 Å². The van der Waals surface area contributed by atoms with Gasteiger partial charge in [0.1, 0.15) is 0 Å². The predicted molar refractivity (Wildman–Crippen MR) is 67.0 cm³/mol. The maximum Gasteiger partial charge on any atom is 0.308 e. The minimum Gasteiger partial charge on any atom is -0.481 e. The van der Waals surface area contributed by atoms with Crippen LogP contribution in [0.15, 0.2) is 22.7 Å². The van der Waals surface area contributed by atoms with E-state index in [2.05, 4.69) is 15.9 Å². The fourth-order valence-corrected chi connectivity index (χ4v) is 2.17. The predicted octanol–water partition coefficient (Wildman–Crippen LogP) is 2.20. The van der Waals surface area contributed by atoms with E-state index in [4.69, 9.17) is 5.11 Å². The topological polar surface area (TPSA) is 57.6 Å². The van der Waals surface area contributed by atoms with Gasteiger partial charge in [-0.1, -0.05) is 15.9 Å². The SMILES string of the molecule is Cc1cc(N2CC(C(=O)O)CC2=O)ccc1Br. The highest BCUT2D eigenvalue weighted by atomic mass is 79.9. The number of anilines is 1. The second-order valence-corrected chi connectivity index (χ2v) is 5.03. The summed E-state index contributed by atoms with van der Waals surface area (Å²) in [6, 6.07) is 5.57. The van der Waals surface area contributed by atoms with Crippen molar-refractivity contribution in [2.75, 3.05) is 11.4 Å². The van der Waals surface area contributed by atoms with Crippen molar-refractivity contribution >= 4 is 33.5 Å². The number of aliphatic carboxylic acids is 1. The Balaban J connectivity index is 2.26. The highest BCUT2D eigenvalue weighted by Crippen LogP contribution is 2.28. The first kappa shape index (κ1) is 12.1. The van der Waals surface area contributed by atoms with Gasteiger partial charge in [0.25, 0.3) is 0 Å². The molecule has 0 saturated carbocycles. The molecule has 1 aromatic carbocycles. The van der Waals surface area contributed by atoms with Gasteiger partial charge in [-0.25, -0.2) is 0 Å². The molecule has 1 aliphatic heterocycles. The second-order valence-electron chi connectivity index (χ2n) is 4.18.